The van der Waals surface area contributed by atoms with Crippen LogP contribution >= 0.6 is 0 Å². The van der Waals surface area contributed by atoms with E-state index in [1.54, 1.807) is 0 Å². The second-order valence-electron chi connectivity index (χ2n) is 3.61. The molecule has 0 aromatic heterocycles. The SMILES string of the molecule is Cc1c(C(N)=O)ccc(S(C)(=O)=O)c1C(N)=O. The first-order chi connectivity index (χ1) is 7.66. The van der Waals surface area contributed by atoms with Gasteiger partial charge in [0.1, 0.15) is 0 Å². The maximum absolute atomic E-state index is 11.5. The Hall–Kier alpha value is -1.89. The molecule has 17 heavy (non-hydrogen) atoms. The summed E-state index contributed by atoms with van der Waals surface area (Å²) in [6, 6.07) is 2.42. The van der Waals surface area contributed by atoms with Gasteiger partial charge >= 0.3 is 0 Å². The highest BCUT2D eigenvalue weighted by atomic mass is 32.2. The van der Waals surface area contributed by atoms with Gasteiger partial charge in [-0.3, -0.25) is 9.59 Å². The van der Waals surface area contributed by atoms with E-state index in [9.17, 15) is 18.0 Å². The van der Waals surface area contributed by atoms with E-state index in [1.807, 2.05) is 0 Å². The van der Waals surface area contributed by atoms with Crippen LogP contribution in [0.1, 0.15) is 26.3 Å². The van der Waals surface area contributed by atoms with E-state index in [2.05, 4.69) is 0 Å². The lowest BCUT2D eigenvalue weighted by molar-refractivity contribution is 0.0996. The molecule has 1 aromatic carbocycles. The van der Waals surface area contributed by atoms with E-state index in [4.69, 9.17) is 11.5 Å². The van der Waals surface area contributed by atoms with Crippen LogP contribution in [0, 0.1) is 6.92 Å². The summed E-state index contributed by atoms with van der Waals surface area (Å²) in [7, 11) is -3.60. The van der Waals surface area contributed by atoms with Gasteiger partial charge in [0.05, 0.1) is 10.5 Å². The van der Waals surface area contributed by atoms with E-state index < -0.39 is 21.7 Å². The summed E-state index contributed by atoms with van der Waals surface area (Å²) in [5, 5.41) is 0. The van der Waals surface area contributed by atoms with Crippen LogP contribution < -0.4 is 11.5 Å². The molecule has 0 aliphatic rings. The molecule has 1 rings (SSSR count). The summed E-state index contributed by atoms with van der Waals surface area (Å²) in [6.45, 7) is 1.43. The highest BCUT2D eigenvalue weighted by Gasteiger charge is 2.22. The van der Waals surface area contributed by atoms with E-state index in [0.717, 1.165) is 12.3 Å². The summed E-state index contributed by atoms with van der Waals surface area (Å²) in [5.74, 6) is -1.66. The molecule has 4 N–H and O–H groups in total. The van der Waals surface area contributed by atoms with Crippen LogP contribution in [-0.2, 0) is 9.84 Å². The molecule has 6 nitrogen and oxygen atoms in total. The molecule has 0 heterocycles. The fraction of sp³-hybridized carbons (Fsp3) is 0.200. The predicted octanol–water partition coefficient (Wildman–Crippen LogP) is -0.404. The second-order valence-corrected chi connectivity index (χ2v) is 5.60. The first kappa shape index (κ1) is 13.2. The molecule has 0 unspecified atom stereocenters. The van der Waals surface area contributed by atoms with Gasteiger partial charge in [-0.15, -0.1) is 0 Å². The third-order valence-corrected chi connectivity index (χ3v) is 3.48. The lowest BCUT2D eigenvalue weighted by Gasteiger charge is -2.10. The van der Waals surface area contributed by atoms with Gasteiger partial charge in [-0.05, 0) is 24.6 Å². The molecular formula is C10H12N2O4S. The molecule has 0 saturated carbocycles. The van der Waals surface area contributed by atoms with Crippen molar-refractivity contribution in [3.63, 3.8) is 0 Å². The van der Waals surface area contributed by atoms with Crippen LogP contribution in [0.2, 0.25) is 0 Å². The van der Waals surface area contributed by atoms with Crippen molar-refractivity contribution < 1.29 is 18.0 Å². The Morgan fingerprint density at radius 2 is 1.65 bits per heavy atom. The first-order valence-corrected chi connectivity index (χ1v) is 6.48. The second kappa shape index (κ2) is 4.17. The van der Waals surface area contributed by atoms with E-state index >= 15 is 0 Å². The van der Waals surface area contributed by atoms with Crippen molar-refractivity contribution in [1.82, 2.24) is 0 Å². The largest absolute Gasteiger partial charge is 0.366 e. The minimum absolute atomic E-state index is 0.0752. The highest BCUT2D eigenvalue weighted by Crippen LogP contribution is 2.22. The Morgan fingerprint density at radius 1 is 1.12 bits per heavy atom. The van der Waals surface area contributed by atoms with E-state index in [-0.39, 0.29) is 21.6 Å². The van der Waals surface area contributed by atoms with Crippen molar-refractivity contribution in [3.05, 3.63) is 28.8 Å². The molecule has 92 valence electrons. The molecule has 0 fully saturated rings. The third kappa shape index (κ3) is 2.44. The average molecular weight is 256 g/mol. The number of hydrogen-bond donors (Lipinski definition) is 2. The van der Waals surface area contributed by atoms with Crippen molar-refractivity contribution in [3.8, 4) is 0 Å². The number of benzene rings is 1. The Kier molecular flexibility index (Phi) is 3.23. The molecule has 0 saturated heterocycles. The number of hydrogen-bond acceptors (Lipinski definition) is 4. The van der Waals surface area contributed by atoms with Crippen LogP contribution in [0.4, 0.5) is 0 Å². The van der Waals surface area contributed by atoms with Crippen molar-refractivity contribution in [2.45, 2.75) is 11.8 Å². The van der Waals surface area contributed by atoms with Crippen LogP contribution in [0.3, 0.4) is 0 Å². The van der Waals surface area contributed by atoms with Gasteiger partial charge in [0.15, 0.2) is 9.84 Å². The van der Waals surface area contributed by atoms with Gasteiger partial charge in [0.2, 0.25) is 11.8 Å². The molecule has 0 aliphatic heterocycles. The van der Waals surface area contributed by atoms with Gasteiger partial charge < -0.3 is 11.5 Å². The zero-order chi connectivity index (χ0) is 13.4. The van der Waals surface area contributed by atoms with Crippen LogP contribution in [0.25, 0.3) is 0 Å². The lowest BCUT2D eigenvalue weighted by atomic mass is 10.0. The van der Waals surface area contributed by atoms with Gasteiger partial charge in [0, 0.05) is 11.8 Å². The zero-order valence-corrected chi connectivity index (χ0v) is 10.2. The lowest BCUT2D eigenvalue weighted by Crippen LogP contribution is -2.21. The van der Waals surface area contributed by atoms with Crippen LogP contribution in [0.5, 0.6) is 0 Å². The van der Waals surface area contributed by atoms with Crippen LogP contribution in [-0.4, -0.2) is 26.5 Å². The van der Waals surface area contributed by atoms with E-state index in [1.165, 1.54) is 13.0 Å². The average Bonchev–Trinajstić information content (AvgIpc) is 2.14. The molecule has 7 heteroatoms. The van der Waals surface area contributed by atoms with Gasteiger partial charge in [-0.2, -0.15) is 0 Å². The molecular weight excluding hydrogens is 244 g/mol. The number of carbonyl (C=O) groups is 2. The van der Waals surface area contributed by atoms with Gasteiger partial charge in [-0.1, -0.05) is 0 Å². The summed E-state index contributed by atoms with van der Waals surface area (Å²) in [5.41, 5.74) is 10.3. The highest BCUT2D eigenvalue weighted by molar-refractivity contribution is 7.90. The number of amides is 2. The molecule has 1 aromatic rings. The van der Waals surface area contributed by atoms with Gasteiger partial charge in [-0.25, -0.2) is 8.42 Å². The normalized spacial score (nSPS) is 11.2. The number of sulfone groups is 1. The third-order valence-electron chi connectivity index (χ3n) is 2.34. The molecule has 0 spiro atoms. The predicted molar refractivity (Wildman–Crippen MR) is 61.3 cm³/mol. The first-order valence-electron chi connectivity index (χ1n) is 4.59. The zero-order valence-electron chi connectivity index (χ0n) is 9.35. The molecule has 0 radical (unpaired) electrons. The quantitative estimate of drug-likeness (QED) is 0.764. The Balaban J connectivity index is 3.75. The van der Waals surface area contributed by atoms with Crippen molar-refractivity contribution in [1.29, 1.82) is 0 Å². The van der Waals surface area contributed by atoms with Gasteiger partial charge in [0.25, 0.3) is 0 Å². The fourth-order valence-corrected chi connectivity index (χ4v) is 2.51. The van der Waals surface area contributed by atoms with Crippen LogP contribution in [0.15, 0.2) is 17.0 Å². The van der Waals surface area contributed by atoms with Crippen molar-refractivity contribution in [2.75, 3.05) is 6.26 Å². The standard InChI is InChI=1S/C10H12N2O4S/c1-5-6(9(11)13)3-4-7(17(2,15)16)8(5)10(12)14/h3-4H,1-2H3,(H2,11,13)(H2,12,14). The minimum atomic E-state index is -3.60. The summed E-state index contributed by atoms with van der Waals surface area (Å²) < 4.78 is 22.9. The number of rotatable bonds is 3. The number of primary amides is 2. The molecule has 0 bridgehead atoms. The molecule has 2 amide bonds. The fourth-order valence-electron chi connectivity index (χ4n) is 1.57. The summed E-state index contributed by atoms with van der Waals surface area (Å²) in [4.78, 5) is 22.1. The number of carbonyl (C=O) groups excluding carboxylic acids is 2. The minimum Gasteiger partial charge on any atom is -0.366 e. The monoisotopic (exact) mass is 256 g/mol. The maximum atomic E-state index is 11.5. The van der Waals surface area contributed by atoms with E-state index in [0.29, 0.717) is 0 Å². The Morgan fingerprint density at radius 3 is 2.00 bits per heavy atom. The topological polar surface area (TPSA) is 120 Å². The van der Waals surface area contributed by atoms with Crippen molar-refractivity contribution >= 4 is 21.7 Å². The van der Waals surface area contributed by atoms with Crippen molar-refractivity contribution in [2.24, 2.45) is 11.5 Å². The Labute approximate surface area is 98.5 Å². The summed E-state index contributed by atoms with van der Waals surface area (Å²) in [6.07, 6.45) is 0.957. The summed E-state index contributed by atoms with van der Waals surface area (Å²) >= 11 is 0. The number of nitrogens with two attached hydrogens (primary N) is 2. The molecule has 0 atom stereocenters. The maximum Gasteiger partial charge on any atom is 0.250 e. The smallest absolute Gasteiger partial charge is 0.250 e. The Bertz CT molecular complexity index is 605. The molecule has 0 aliphatic carbocycles.